The normalized spacial score (nSPS) is 11.8. The van der Waals surface area contributed by atoms with E-state index in [2.05, 4.69) is 0 Å². The van der Waals surface area contributed by atoms with Gasteiger partial charge in [-0.2, -0.15) is 0 Å². The molecule has 0 aliphatic heterocycles. The summed E-state index contributed by atoms with van der Waals surface area (Å²) in [5.41, 5.74) is 2.73. The van der Waals surface area contributed by atoms with Crippen LogP contribution in [0.2, 0.25) is 5.02 Å². The van der Waals surface area contributed by atoms with Crippen LogP contribution in [-0.2, 0) is 22.3 Å². The molecule has 0 radical (unpaired) electrons. The number of rotatable bonds is 5. The second-order valence-corrected chi connectivity index (χ2v) is 7.58. The van der Waals surface area contributed by atoms with Gasteiger partial charge in [-0.15, -0.1) is 0 Å². The van der Waals surface area contributed by atoms with E-state index in [-0.39, 0.29) is 5.75 Å². The predicted octanol–water partition coefficient (Wildman–Crippen LogP) is 3.61. The molecule has 0 fully saturated rings. The largest absolute Gasteiger partial charge is 0.218 e. The average molecular weight is 324 g/mol. The smallest absolute Gasteiger partial charge is 0.212 e. The molecule has 2 rings (SSSR count). The molecule has 112 valence electrons. The van der Waals surface area contributed by atoms with Gasteiger partial charge in [0.05, 0.1) is 5.75 Å². The van der Waals surface area contributed by atoms with Crippen molar-refractivity contribution in [1.29, 1.82) is 0 Å². The van der Waals surface area contributed by atoms with E-state index in [1.54, 1.807) is 19.2 Å². The van der Waals surface area contributed by atoms with Gasteiger partial charge in [-0.25, -0.2) is 12.7 Å². The second kappa shape index (κ2) is 6.60. The number of nitrogens with zero attached hydrogens (tertiary/aromatic N) is 1. The lowest BCUT2D eigenvalue weighted by Crippen LogP contribution is -2.28. The average Bonchev–Trinajstić information content (AvgIpc) is 2.43. The van der Waals surface area contributed by atoms with E-state index < -0.39 is 10.0 Å². The first-order chi connectivity index (χ1) is 9.88. The molecule has 5 heteroatoms. The Kier molecular flexibility index (Phi) is 5.04. The standard InChI is InChI=1S/C16H18ClNO2S/c1-13-5-3-4-6-15(13)12-21(19,20)18(2)11-14-7-9-16(17)10-8-14/h3-10H,11-12H2,1-2H3. The van der Waals surface area contributed by atoms with Gasteiger partial charge in [0.1, 0.15) is 0 Å². The second-order valence-electron chi connectivity index (χ2n) is 5.07. The fourth-order valence-electron chi connectivity index (χ4n) is 2.02. The van der Waals surface area contributed by atoms with Crippen molar-refractivity contribution in [3.8, 4) is 0 Å². The molecule has 0 bridgehead atoms. The highest BCUT2D eigenvalue weighted by atomic mass is 35.5. The summed E-state index contributed by atoms with van der Waals surface area (Å²) in [6, 6.07) is 14.7. The number of aryl methyl sites for hydroxylation is 1. The van der Waals surface area contributed by atoms with Gasteiger partial charge in [0.2, 0.25) is 10.0 Å². The molecule has 0 aliphatic rings. The highest BCUT2D eigenvalue weighted by Crippen LogP contribution is 2.16. The summed E-state index contributed by atoms with van der Waals surface area (Å²) in [5.74, 6) is 0.0176. The van der Waals surface area contributed by atoms with Crippen LogP contribution in [0.15, 0.2) is 48.5 Å². The van der Waals surface area contributed by atoms with E-state index in [1.807, 2.05) is 43.3 Å². The molecule has 2 aromatic carbocycles. The third-order valence-electron chi connectivity index (χ3n) is 3.39. The molecule has 0 N–H and O–H groups in total. The van der Waals surface area contributed by atoms with E-state index in [4.69, 9.17) is 11.6 Å². The van der Waals surface area contributed by atoms with Gasteiger partial charge in [-0.05, 0) is 35.7 Å². The third-order valence-corrected chi connectivity index (χ3v) is 5.40. The molecule has 0 saturated carbocycles. The molecule has 2 aromatic rings. The zero-order valence-electron chi connectivity index (χ0n) is 12.1. The maximum absolute atomic E-state index is 12.4. The Morgan fingerprint density at radius 3 is 2.29 bits per heavy atom. The fourth-order valence-corrected chi connectivity index (χ4v) is 3.43. The summed E-state index contributed by atoms with van der Waals surface area (Å²) in [7, 11) is -1.74. The zero-order chi connectivity index (χ0) is 15.5. The van der Waals surface area contributed by atoms with Gasteiger partial charge < -0.3 is 0 Å². The van der Waals surface area contributed by atoms with E-state index in [1.165, 1.54) is 4.31 Å². The highest BCUT2D eigenvalue weighted by molar-refractivity contribution is 7.88. The first-order valence-electron chi connectivity index (χ1n) is 6.61. The minimum absolute atomic E-state index is 0.0176. The van der Waals surface area contributed by atoms with Crippen LogP contribution < -0.4 is 0 Å². The van der Waals surface area contributed by atoms with Crippen molar-refractivity contribution in [3.05, 3.63) is 70.2 Å². The Bertz CT molecular complexity index is 711. The van der Waals surface area contributed by atoms with Gasteiger partial charge in [0.25, 0.3) is 0 Å². The van der Waals surface area contributed by atoms with Crippen LogP contribution in [0.3, 0.4) is 0 Å². The summed E-state index contributed by atoms with van der Waals surface area (Å²) in [6.45, 7) is 2.26. The molecule has 0 aromatic heterocycles. The Morgan fingerprint density at radius 1 is 1.05 bits per heavy atom. The molecular formula is C16H18ClNO2S. The molecular weight excluding hydrogens is 306 g/mol. The van der Waals surface area contributed by atoms with E-state index in [9.17, 15) is 8.42 Å². The van der Waals surface area contributed by atoms with Gasteiger partial charge in [0, 0.05) is 18.6 Å². The molecule has 0 unspecified atom stereocenters. The van der Waals surface area contributed by atoms with Crippen molar-refractivity contribution in [2.24, 2.45) is 0 Å². The quantitative estimate of drug-likeness (QED) is 0.843. The molecule has 0 atom stereocenters. The Hall–Kier alpha value is -1.36. The predicted molar refractivity (Wildman–Crippen MR) is 86.7 cm³/mol. The summed E-state index contributed by atoms with van der Waals surface area (Å²) in [6.07, 6.45) is 0. The van der Waals surface area contributed by atoms with Crippen LogP contribution in [0.25, 0.3) is 0 Å². The topological polar surface area (TPSA) is 37.4 Å². The van der Waals surface area contributed by atoms with Gasteiger partial charge in [0.15, 0.2) is 0 Å². The van der Waals surface area contributed by atoms with E-state index in [0.717, 1.165) is 16.7 Å². The molecule has 0 saturated heterocycles. The third kappa shape index (κ3) is 4.30. The SMILES string of the molecule is Cc1ccccc1CS(=O)(=O)N(C)Cc1ccc(Cl)cc1. The van der Waals surface area contributed by atoms with Crippen LogP contribution in [-0.4, -0.2) is 19.8 Å². The van der Waals surface area contributed by atoms with Crippen molar-refractivity contribution < 1.29 is 8.42 Å². The lowest BCUT2D eigenvalue weighted by Gasteiger charge is -2.18. The van der Waals surface area contributed by atoms with Gasteiger partial charge in [-0.1, -0.05) is 48.0 Å². The van der Waals surface area contributed by atoms with Crippen LogP contribution >= 0.6 is 11.6 Å². The highest BCUT2D eigenvalue weighted by Gasteiger charge is 2.19. The minimum atomic E-state index is -3.34. The first-order valence-corrected chi connectivity index (χ1v) is 8.60. The maximum atomic E-state index is 12.4. The summed E-state index contributed by atoms with van der Waals surface area (Å²) >= 11 is 5.83. The molecule has 0 aliphatic carbocycles. The number of hydrogen-bond acceptors (Lipinski definition) is 2. The van der Waals surface area contributed by atoms with Crippen LogP contribution in [0.5, 0.6) is 0 Å². The summed E-state index contributed by atoms with van der Waals surface area (Å²) < 4.78 is 26.2. The number of hydrogen-bond donors (Lipinski definition) is 0. The van der Waals surface area contributed by atoms with E-state index in [0.29, 0.717) is 11.6 Å². The van der Waals surface area contributed by atoms with Gasteiger partial charge >= 0.3 is 0 Å². The van der Waals surface area contributed by atoms with Crippen molar-refractivity contribution >= 4 is 21.6 Å². The Balaban J connectivity index is 2.12. The monoisotopic (exact) mass is 323 g/mol. The molecule has 0 spiro atoms. The zero-order valence-corrected chi connectivity index (χ0v) is 13.7. The molecule has 3 nitrogen and oxygen atoms in total. The number of sulfonamides is 1. The fraction of sp³-hybridized carbons (Fsp3) is 0.250. The first kappa shape index (κ1) is 16.0. The van der Waals surface area contributed by atoms with Crippen LogP contribution in [0.4, 0.5) is 0 Å². The lowest BCUT2D eigenvalue weighted by molar-refractivity contribution is 0.466. The van der Waals surface area contributed by atoms with Crippen molar-refractivity contribution in [2.45, 2.75) is 19.2 Å². The maximum Gasteiger partial charge on any atom is 0.218 e. The Morgan fingerprint density at radius 2 is 1.67 bits per heavy atom. The van der Waals surface area contributed by atoms with Crippen molar-refractivity contribution in [3.63, 3.8) is 0 Å². The minimum Gasteiger partial charge on any atom is -0.212 e. The summed E-state index contributed by atoms with van der Waals surface area (Å²) in [5, 5.41) is 0.643. The van der Waals surface area contributed by atoms with Crippen LogP contribution in [0, 0.1) is 6.92 Å². The van der Waals surface area contributed by atoms with Crippen molar-refractivity contribution in [1.82, 2.24) is 4.31 Å². The van der Waals surface area contributed by atoms with Crippen LogP contribution in [0.1, 0.15) is 16.7 Å². The van der Waals surface area contributed by atoms with Crippen molar-refractivity contribution in [2.75, 3.05) is 7.05 Å². The molecule has 21 heavy (non-hydrogen) atoms. The van der Waals surface area contributed by atoms with E-state index >= 15 is 0 Å². The molecule has 0 amide bonds. The Labute approximate surface area is 131 Å². The lowest BCUT2D eigenvalue weighted by atomic mass is 10.1. The van der Waals surface area contributed by atoms with Gasteiger partial charge in [-0.3, -0.25) is 0 Å². The molecule has 0 heterocycles. The summed E-state index contributed by atoms with van der Waals surface area (Å²) in [4.78, 5) is 0. The number of halogens is 1. The number of benzene rings is 2.